The van der Waals surface area contributed by atoms with Gasteiger partial charge in [-0.2, -0.15) is 13.2 Å². The average molecular weight is 283 g/mol. The van der Waals surface area contributed by atoms with Gasteiger partial charge in [-0.3, -0.25) is 4.79 Å². The Hall–Kier alpha value is -1.31. The third-order valence-electron chi connectivity index (χ3n) is 2.92. The summed E-state index contributed by atoms with van der Waals surface area (Å²) >= 11 is 0. The minimum Gasteiger partial charge on any atom is -0.480 e. The predicted octanol–water partition coefficient (Wildman–Crippen LogP) is 1.42. The number of alkyl halides is 3. The van der Waals surface area contributed by atoms with E-state index in [2.05, 4.69) is 4.74 Å². The molecule has 0 unspecified atom stereocenters. The third-order valence-corrected chi connectivity index (χ3v) is 2.92. The van der Waals surface area contributed by atoms with E-state index < -0.39 is 36.8 Å². The zero-order valence-corrected chi connectivity index (χ0v) is 10.4. The van der Waals surface area contributed by atoms with E-state index in [9.17, 15) is 22.8 Å². The predicted molar refractivity (Wildman–Crippen MR) is 58.5 cm³/mol. The second kappa shape index (κ2) is 6.23. The molecule has 1 aliphatic heterocycles. The number of rotatable bonds is 4. The molecule has 0 aromatic carbocycles. The van der Waals surface area contributed by atoms with Gasteiger partial charge in [-0.15, -0.1) is 0 Å². The summed E-state index contributed by atoms with van der Waals surface area (Å²) in [6.07, 6.45) is -4.18. The van der Waals surface area contributed by atoms with Gasteiger partial charge in [0.1, 0.15) is 18.8 Å². The number of carboxylic acid groups (broad SMARTS) is 1. The topological polar surface area (TPSA) is 66.8 Å². The second-order valence-electron chi connectivity index (χ2n) is 4.45. The number of piperidine rings is 1. The van der Waals surface area contributed by atoms with Crippen molar-refractivity contribution < 1.29 is 32.6 Å². The first kappa shape index (κ1) is 15.7. The second-order valence-corrected chi connectivity index (χ2v) is 4.45. The van der Waals surface area contributed by atoms with Crippen LogP contribution < -0.4 is 0 Å². The van der Waals surface area contributed by atoms with E-state index in [4.69, 9.17) is 5.11 Å². The average Bonchev–Trinajstić information content (AvgIpc) is 2.34. The molecule has 110 valence electrons. The minimum absolute atomic E-state index is 0.232. The van der Waals surface area contributed by atoms with Crippen molar-refractivity contribution in [2.24, 2.45) is 0 Å². The molecule has 1 saturated heterocycles. The number of carbonyl (C=O) groups excluding carboxylic acids is 1. The van der Waals surface area contributed by atoms with Gasteiger partial charge in [0.25, 0.3) is 5.91 Å². The number of hydrogen-bond donors (Lipinski definition) is 1. The first-order valence-corrected chi connectivity index (χ1v) is 5.94. The highest BCUT2D eigenvalue weighted by Gasteiger charge is 2.36. The summed E-state index contributed by atoms with van der Waals surface area (Å²) in [5.74, 6) is -1.85. The van der Waals surface area contributed by atoms with Crippen molar-refractivity contribution in [2.45, 2.75) is 44.5 Å². The van der Waals surface area contributed by atoms with Crippen LogP contribution in [0.2, 0.25) is 0 Å². The summed E-state index contributed by atoms with van der Waals surface area (Å²) in [5.41, 5.74) is 0. The van der Waals surface area contributed by atoms with Crippen LogP contribution in [0.15, 0.2) is 0 Å². The lowest BCUT2D eigenvalue weighted by Gasteiger charge is -2.34. The molecule has 0 aromatic heterocycles. The maximum Gasteiger partial charge on any atom is 0.411 e. The minimum atomic E-state index is -4.51. The number of aliphatic carboxylic acids is 1. The van der Waals surface area contributed by atoms with Gasteiger partial charge in [-0.05, 0) is 26.2 Å². The summed E-state index contributed by atoms with van der Waals surface area (Å²) in [7, 11) is 0. The van der Waals surface area contributed by atoms with Crippen molar-refractivity contribution in [2.75, 3.05) is 13.2 Å². The van der Waals surface area contributed by atoms with E-state index in [-0.39, 0.29) is 6.54 Å². The zero-order chi connectivity index (χ0) is 14.6. The van der Waals surface area contributed by atoms with E-state index >= 15 is 0 Å². The summed E-state index contributed by atoms with van der Waals surface area (Å²) in [6.45, 7) is -0.0947. The molecule has 2 atom stereocenters. The fourth-order valence-electron chi connectivity index (χ4n) is 1.98. The Kier molecular flexibility index (Phi) is 5.16. The SMILES string of the molecule is C[C@H](OCC(F)(F)F)C(=O)N1CCCC[C@H]1C(=O)O. The summed E-state index contributed by atoms with van der Waals surface area (Å²) < 4.78 is 40.4. The molecule has 1 N–H and O–H groups in total. The molecule has 1 rings (SSSR count). The van der Waals surface area contributed by atoms with Crippen molar-refractivity contribution in [1.82, 2.24) is 4.90 Å². The number of likely N-dealkylation sites (tertiary alicyclic amines) is 1. The highest BCUT2D eigenvalue weighted by molar-refractivity contribution is 5.86. The Morgan fingerprint density at radius 3 is 2.58 bits per heavy atom. The van der Waals surface area contributed by atoms with E-state index in [1.807, 2.05) is 0 Å². The Bertz CT molecular complexity index is 345. The number of nitrogens with zero attached hydrogens (tertiary/aromatic N) is 1. The molecule has 0 saturated carbocycles. The van der Waals surface area contributed by atoms with Crippen LogP contribution in [-0.4, -0.2) is 53.4 Å². The Morgan fingerprint density at radius 2 is 2.05 bits per heavy atom. The number of halogens is 3. The van der Waals surface area contributed by atoms with Gasteiger partial charge >= 0.3 is 12.1 Å². The molecule has 5 nitrogen and oxygen atoms in total. The van der Waals surface area contributed by atoms with Gasteiger partial charge in [-0.25, -0.2) is 4.79 Å². The number of hydrogen-bond acceptors (Lipinski definition) is 3. The number of carbonyl (C=O) groups is 2. The molecule has 0 spiro atoms. The summed E-state index contributed by atoms with van der Waals surface area (Å²) in [6, 6.07) is -0.974. The number of carboxylic acids is 1. The standard InChI is InChI=1S/C11H16F3NO4/c1-7(19-6-11(12,13)14)9(16)15-5-3-2-4-8(15)10(17)18/h7-8H,2-6H2,1H3,(H,17,18)/t7-,8-/m0/s1. The largest absolute Gasteiger partial charge is 0.480 e. The molecule has 1 heterocycles. The molecule has 0 radical (unpaired) electrons. The van der Waals surface area contributed by atoms with Crippen molar-refractivity contribution >= 4 is 11.9 Å². The smallest absolute Gasteiger partial charge is 0.411 e. The molecular formula is C11H16F3NO4. The number of ether oxygens (including phenoxy) is 1. The van der Waals surface area contributed by atoms with Gasteiger partial charge in [0.05, 0.1) is 0 Å². The van der Waals surface area contributed by atoms with Crippen LogP contribution in [0.4, 0.5) is 13.2 Å². The monoisotopic (exact) mass is 283 g/mol. The number of amides is 1. The van der Waals surface area contributed by atoms with Crippen LogP contribution in [0.5, 0.6) is 0 Å². The van der Waals surface area contributed by atoms with Crippen LogP contribution >= 0.6 is 0 Å². The molecule has 1 aliphatic rings. The van der Waals surface area contributed by atoms with Crippen molar-refractivity contribution in [3.63, 3.8) is 0 Å². The highest BCUT2D eigenvalue weighted by Crippen LogP contribution is 2.20. The van der Waals surface area contributed by atoms with Gasteiger partial charge in [0.15, 0.2) is 0 Å². The molecular weight excluding hydrogens is 267 g/mol. The maximum absolute atomic E-state index is 12.0. The van der Waals surface area contributed by atoms with Gasteiger partial charge < -0.3 is 14.7 Å². The highest BCUT2D eigenvalue weighted by atomic mass is 19.4. The van der Waals surface area contributed by atoms with E-state index in [0.29, 0.717) is 19.3 Å². The van der Waals surface area contributed by atoms with E-state index in [0.717, 1.165) is 4.90 Å². The maximum atomic E-state index is 12.0. The van der Waals surface area contributed by atoms with Crippen LogP contribution in [-0.2, 0) is 14.3 Å². The Morgan fingerprint density at radius 1 is 1.42 bits per heavy atom. The van der Waals surface area contributed by atoms with E-state index in [1.54, 1.807) is 0 Å². The first-order valence-electron chi connectivity index (χ1n) is 5.94. The quantitative estimate of drug-likeness (QED) is 0.847. The fourth-order valence-corrected chi connectivity index (χ4v) is 1.98. The van der Waals surface area contributed by atoms with Crippen LogP contribution in [0, 0.1) is 0 Å². The molecule has 0 aliphatic carbocycles. The molecule has 0 aromatic rings. The fraction of sp³-hybridized carbons (Fsp3) is 0.818. The van der Waals surface area contributed by atoms with Crippen LogP contribution in [0.25, 0.3) is 0 Å². The lowest BCUT2D eigenvalue weighted by Crippen LogP contribution is -2.51. The van der Waals surface area contributed by atoms with Gasteiger partial charge in [0, 0.05) is 6.54 Å². The molecule has 8 heteroatoms. The lowest BCUT2D eigenvalue weighted by atomic mass is 10.0. The zero-order valence-electron chi connectivity index (χ0n) is 10.4. The van der Waals surface area contributed by atoms with Crippen molar-refractivity contribution in [3.05, 3.63) is 0 Å². The molecule has 1 fully saturated rings. The first-order chi connectivity index (χ1) is 8.72. The Balaban J connectivity index is 2.61. The van der Waals surface area contributed by atoms with Crippen molar-refractivity contribution in [3.8, 4) is 0 Å². The molecule has 1 amide bonds. The molecule has 19 heavy (non-hydrogen) atoms. The molecule has 0 bridgehead atoms. The Labute approximate surface area is 108 Å². The summed E-state index contributed by atoms with van der Waals surface area (Å²) in [5, 5.41) is 8.98. The van der Waals surface area contributed by atoms with Gasteiger partial charge in [-0.1, -0.05) is 0 Å². The van der Waals surface area contributed by atoms with Crippen LogP contribution in [0.1, 0.15) is 26.2 Å². The lowest BCUT2D eigenvalue weighted by molar-refractivity contribution is -0.190. The summed E-state index contributed by atoms with van der Waals surface area (Å²) in [4.78, 5) is 24.0. The van der Waals surface area contributed by atoms with Gasteiger partial charge in [0.2, 0.25) is 0 Å². The van der Waals surface area contributed by atoms with E-state index in [1.165, 1.54) is 6.92 Å². The third kappa shape index (κ3) is 4.70. The normalized spacial score (nSPS) is 22.1. The van der Waals surface area contributed by atoms with Crippen molar-refractivity contribution in [1.29, 1.82) is 0 Å². The van der Waals surface area contributed by atoms with Crippen LogP contribution in [0.3, 0.4) is 0 Å².